The Bertz CT molecular complexity index is 704. The van der Waals surface area contributed by atoms with Crippen LogP contribution in [0.25, 0.3) is 0 Å². The summed E-state index contributed by atoms with van der Waals surface area (Å²) in [6.07, 6.45) is 2.28. The summed E-state index contributed by atoms with van der Waals surface area (Å²) in [5, 5.41) is 16.1. The average molecular weight is 348 g/mol. The number of nitrogens with one attached hydrogen (secondary N) is 2. The number of fused-ring (bicyclic) bond motifs is 1. The molecule has 1 aromatic rings. The van der Waals surface area contributed by atoms with E-state index < -0.39 is 16.7 Å². The average Bonchev–Trinajstić information content (AvgIpc) is 2.83. The first-order chi connectivity index (χ1) is 12.0. The number of benzene rings is 1. The summed E-state index contributed by atoms with van der Waals surface area (Å²) in [6, 6.07) is 3.34. The summed E-state index contributed by atoms with van der Waals surface area (Å²) in [5.41, 5.74) is -0.0162. The zero-order valence-electron chi connectivity index (χ0n) is 13.9. The number of carbonyl (C=O) groups is 3. The number of hydrogen-bond donors (Lipinski definition) is 2. The maximum absolute atomic E-state index is 12.3. The molecule has 0 aromatic heterocycles. The predicted octanol–water partition coefficient (Wildman–Crippen LogP) is 1.68. The van der Waals surface area contributed by atoms with Crippen molar-refractivity contribution < 1.29 is 19.3 Å². The fourth-order valence-electron chi connectivity index (χ4n) is 2.48. The van der Waals surface area contributed by atoms with Crippen molar-refractivity contribution in [3.63, 3.8) is 0 Å². The zero-order valence-corrected chi connectivity index (χ0v) is 13.9. The highest BCUT2D eigenvalue weighted by molar-refractivity contribution is 6.21. The SMILES string of the molecule is CCCCNC(=O)NCCCN1C(=O)c2ccc([N+](=O)[O-])cc2C1=O. The van der Waals surface area contributed by atoms with Crippen LogP contribution >= 0.6 is 0 Å². The third-order valence-corrected chi connectivity index (χ3v) is 3.83. The van der Waals surface area contributed by atoms with Crippen molar-refractivity contribution >= 4 is 23.5 Å². The second-order valence-corrected chi connectivity index (χ2v) is 5.64. The molecule has 2 rings (SSSR count). The first-order valence-corrected chi connectivity index (χ1v) is 8.12. The monoisotopic (exact) mass is 348 g/mol. The van der Waals surface area contributed by atoms with Gasteiger partial charge in [0.05, 0.1) is 16.1 Å². The number of nitro groups is 1. The molecule has 4 amide bonds. The lowest BCUT2D eigenvalue weighted by Gasteiger charge is -2.14. The van der Waals surface area contributed by atoms with Gasteiger partial charge in [-0.2, -0.15) is 0 Å². The molecule has 9 heteroatoms. The highest BCUT2D eigenvalue weighted by Crippen LogP contribution is 2.26. The number of non-ortho nitro benzene ring substituents is 1. The van der Waals surface area contributed by atoms with E-state index in [1.807, 2.05) is 6.92 Å². The molecule has 0 saturated carbocycles. The third-order valence-electron chi connectivity index (χ3n) is 3.83. The smallest absolute Gasteiger partial charge is 0.314 e. The molecular weight excluding hydrogens is 328 g/mol. The van der Waals surface area contributed by atoms with E-state index in [1.54, 1.807) is 0 Å². The summed E-state index contributed by atoms with van der Waals surface area (Å²) in [4.78, 5) is 47.2. The van der Waals surface area contributed by atoms with Crippen LogP contribution in [0.15, 0.2) is 18.2 Å². The molecule has 1 aliphatic rings. The summed E-state index contributed by atoms with van der Waals surface area (Å²) in [6.45, 7) is 3.07. The highest BCUT2D eigenvalue weighted by Gasteiger charge is 2.36. The molecule has 1 aromatic carbocycles. The minimum absolute atomic E-state index is 0.0458. The van der Waals surface area contributed by atoms with Gasteiger partial charge in [-0.1, -0.05) is 13.3 Å². The van der Waals surface area contributed by atoms with Crippen molar-refractivity contribution in [2.75, 3.05) is 19.6 Å². The van der Waals surface area contributed by atoms with Gasteiger partial charge in [-0.05, 0) is 18.9 Å². The highest BCUT2D eigenvalue weighted by atomic mass is 16.6. The van der Waals surface area contributed by atoms with Crippen molar-refractivity contribution in [3.8, 4) is 0 Å². The van der Waals surface area contributed by atoms with E-state index in [-0.39, 0.29) is 29.4 Å². The quantitative estimate of drug-likeness (QED) is 0.320. The summed E-state index contributed by atoms with van der Waals surface area (Å²) >= 11 is 0. The van der Waals surface area contributed by atoms with Crippen LogP contribution in [-0.2, 0) is 0 Å². The Labute approximate surface area is 144 Å². The van der Waals surface area contributed by atoms with Gasteiger partial charge >= 0.3 is 6.03 Å². The Morgan fingerprint density at radius 1 is 1.12 bits per heavy atom. The number of carbonyl (C=O) groups excluding carboxylic acids is 3. The lowest BCUT2D eigenvalue weighted by molar-refractivity contribution is -0.384. The number of unbranched alkanes of at least 4 members (excludes halogenated alkanes) is 1. The second kappa shape index (κ2) is 8.22. The van der Waals surface area contributed by atoms with Crippen LogP contribution in [0.3, 0.4) is 0 Å². The molecule has 0 fully saturated rings. The van der Waals surface area contributed by atoms with Gasteiger partial charge in [-0.3, -0.25) is 24.6 Å². The summed E-state index contributed by atoms with van der Waals surface area (Å²) < 4.78 is 0. The van der Waals surface area contributed by atoms with E-state index in [4.69, 9.17) is 0 Å². The lowest BCUT2D eigenvalue weighted by Crippen LogP contribution is -2.38. The molecule has 0 atom stereocenters. The van der Waals surface area contributed by atoms with Crippen molar-refractivity contribution in [1.82, 2.24) is 15.5 Å². The van der Waals surface area contributed by atoms with Gasteiger partial charge in [-0.25, -0.2) is 4.79 Å². The topological polar surface area (TPSA) is 122 Å². The molecule has 0 aliphatic carbocycles. The Balaban J connectivity index is 1.86. The molecule has 134 valence electrons. The molecule has 1 heterocycles. The van der Waals surface area contributed by atoms with E-state index >= 15 is 0 Å². The van der Waals surface area contributed by atoms with Gasteiger partial charge in [0, 0.05) is 31.8 Å². The molecule has 2 N–H and O–H groups in total. The second-order valence-electron chi connectivity index (χ2n) is 5.64. The maximum atomic E-state index is 12.3. The van der Waals surface area contributed by atoms with Crippen LogP contribution in [0, 0.1) is 10.1 Å². The van der Waals surface area contributed by atoms with Crippen molar-refractivity contribution in [2.45, 2.75) is 26.2 Å². The Hall–Kier alpha value is -2.97. The fraction of sp³-hybridized carbons (Fsp3) is 0.438. The molecule has 0 bridgehead atoms. The number of nitrogens with zero attached hydrogens (tertiary/aromatic N) is 2. The Morgan fingerprint density at radius 3 is 2.40 bits per heavy atom. The standard InChI is InChI=1S/C16H20N4O5/c1-2-3-7-17-16(23)18-8-4-9-19-14(21)12-6-5-11(20(24)25)10-13(12)15(19)22/h5-6,10H,2-4,7-9H2,1H3,(H2,17,18,23). The van der Waals surface area contributed by atoms with Crippen LogP contribution in [0.1, 0.15) is 46.9 Å². The van der Waals surface area contributed by atoms with Crippen LogP contribution in [0.4, 0.5) is 10.5 Å². The minimum atomic E-state index is -0.609. The van der Waals surface area contributed by atoms with E-state index in [1.165, 1.54) is 12.1 Å². The van der Waals surface area contributed by atoms with Gasteiger partial charge in [0.25, 0.3) is 17.5 Å². The molecule has 0 unspecified atom stereocenters. The first kappa shape index (κ1) is 18.4. The zero-order chi connectivity index (χ0) is 18.4. The maximum Gasteiger partial charge on any atom is 0.314 e. The molecule has 25 heavy (non-hydrogen) atoms. The Kier molecular flexibility index (Phi) is 6.04. The van der Waals surface area contributed by atoms with Gasteiger partial charge in [0.2, 0.25) is 0 Å². The van der Waals surface area contributed by atoms with Crippen molar-refractivity contribution in [3.05, 3.63) is 39.4 Å². The molecule has 0 radical (unpaired) electrons. The third kappa shape index (κ3) is 4.31. The van der Waals surface area contributed by atoms with Crippen LogP contribution in [-0.4, -0.2) is 47.3 Å². The van der Waals surface area contributed by atoms with Gasteiger partial charge in [0.1, 0.15) is 0 Å². The van der Waals surface area contributed by atoms with Gasteiger partial charge in [-0.15, -0.1) is 0 Å². The number of nitro benzene ring substituents is 1. The van der Waals surface area contributed by atoms with Crippen LogP contribution in [0.2, 0.25) is 0 Å². The summed E-state index contributed by atoms with van der Waals surface area (Å²) in [7, 11) is 0. The number of urea groups is 1. The van der Waals surface area contributed by atoms with E-state index in [9.17, 15) is 24.5 Å². The normalized spacial score (nSPS) is 12.9. The summed E-state index contributed by atoms with van der Waals surface area (Å²) in [5.74, 6) is -1.02. The lowest BCUT2D eigenvalue weighted by atomic mass is 10.1. The number of imide groups is 1. The molecule has 0 saturated heterocycles. The largest absolute Gasteiger partial charge is 0.338 e. The van der Waals surface area contributed by atoms with E-state index in [0.29, 0.717) is 19.5 Å². The molecule has 0 spiro atoms. The number of rotatable bonds is 8. The molecular formula is C16H20N4O5. The molecule has 9 nitrogen and oxygen atoms in total. The fourth-order valence-corrected chi connectivity index (χ4v) is 2.48. The first-order valence-electron chi connectivity index (χ1n) is 8.12. The number of amides is 4. The van der Waals surface area contributed by atoms with Crippen molar-refractivity contribution in [2.24, 2.45) is 0 Å². The minimum Gasteiger partial charge on any atom is -0.338 e. The van der Waals surface area contributed by atoms with Gasteiger partial charge < -0.3 is 10.6 Å². The van der Waals surface area contributed by atoms with Crippen LogP contribution < -0.4 is 10.6 Å². The van der Waals surface area contributed by atoms with E-state index in [2.05, 4.69) is 10.6 Å². The van der Waals surface area contributed by atoms with Crippen molar-refractivity contribution in [1.29, 1.82) is 0 Å². The Morgan fingerprint density at radius 2 is 1.76 bits per heavy atom. The van der Waals surface area contributed by atoms with E-state index in [0.717, 1.165) is 23.8 Å². The molecule has 1 aliphatic heterocycles. The van der Waals surface area contributed by atoms with Crippen LogP contribution in [0.5, 0.6) is 0 Å². The number of hydrogen-bond acceptors (Lipinski definition) is 5. The van der Waals surface area contributed by atoms with Gasteiger partial charge in [0.15, 0.2) is 0 Å². The predicted molar refractivity (Wildman–Crippen MR) is 89.4 cm³/mol.